The van der Waals surface area contributed by atoms with E-state index in [9.17, 15) is 4.79 Å². The molecule has 1 N–H and O–H groups in total. The Kier molecular flexibility index (Phi) is 4.14. The van der Waals surface area contributed by atoms with Crippen LogP contribution in [0.2, 0.25) is 0 Å². The Bertz CT molecular complexity index is 222. The number of rotatable bonds is 5. The van der Waals surface area contributed by atoms with E-state index in [1.807, 2.05) is 13.8 Å². The van der Waals surface area contributed by atoms with Crippen LogP contribution < -0.4 is 5.32 Å². The van der Waals surface area contributed by atoms with Gasteiger partial charge in [-0.2, -0.15) is 0 Å². The van der Waals surface area contributed by atoms with Crippen LogP contribution in [0.4, 0.5) is 0 Å². The van der Waals surface area contributed by atoms with Crippen LogP contribution in [0.5, 0.6) is 0 Å². The molecule has 0 saturated heterocycles. The van der Waals surface area contributed by atoms with Crippen LogP contribution in [-0.2, 0) is 9.53 Å². The molecule has 88 valence electrons. The molecule has 1 saturated carbocycles. The highest BCUT2D eigenvalue weighted by atomic mass is 16.5. The normalized spacial score (nSPS) is 19.5. The molecule has 1 aliphatic carbocycles. The summed E-state index contributed by atoms with van der Waals surface area (Å²) in [4.78, 5) is 11.5. The maximum atomic E-state index is 11.5. The molecule has 0 radical (unpaired) electrons. The quantitative estimate of drug-likeness (QED) is 0.711. The molecular weight excluding hydrogens is 190 g/mol. The van der Waals surface area contributed by atoms with Gasteiger partial charge in [0.2, 0.25) is 0 Å². The molecule has 0 spiro atoms. The Morgan fingerprint density at radius 1 is 1.53 bits per heavy atom. The van der Waals surface area contributed by atoms with Crippen LogP contribution in [0.1, 0.15) is 46.5 Å². The van der Waals surface area contributed by atoms with E-state index < -0.39 is 5.54 Å². The van der Waals surface area contributed by atoms with E-state index in [0.29, 0.717) is 6.04 Å². The third-order valence-corrected chi connectivity index (χ3v) is 3.21. The Labute approximate surface area is 92.6 Å². The minimum atomic E-state index is -0.572. The monoisotopic (exact) mass is 213 g/mol. The Hall–Kier alpha value is -0.570. The van der Waals surface area contributed by atoms with Crippen molar-refractivity contribution in [3.8, 4) is 0 Å². The van der Waals surface area contributed by atoms with Gasteiger partial charge in [-0.1, -0.05) is 19.3 Å². The second-order valence-electron chi connectivity index (χ2n) is 5.19. The molecule has 0 heterocycles. The van der Waals surface area contributed by atoms with Gasteiger partial charge in [0.25, 0.3) is 0 Å². The number of ether oxygens (including phenoxy) is 1. The maximum Gasteiger partial charge on any atom is 0.325 e. The van der Waals surface area contributed by atoms with E-state index in [-0.39, 0.29) is 5.97 Å². The molecule has 1 aliphatic rings. The van der Waals surface area contributed by atoms with Crippen molar-refractivity contribution in [2.24, 2.45) is 5.92 Å². The number of methoxy groups -OCH3 is 1. The summed E-state index contributed by atoms with van der Waals surface area (Å²) in [5, 5.41) is 3.33. The fraction of sp³-hybridized carbons (Fsp3) is 0.917. The van der Waals surface area contributed by atoms with E-state index in [1.165, 1.54) is 32.8 Å². The fourth-order valence-electron chi connectivity index (χ4n) is 2.22. The van der Waals surface area contributed by atoms with Crippen LogP contribution in [0.3, 0.4) is 0 Å². The first-order valence-electron chi connectivity index (χ1n) is 5.82. The lowest BCUT2D eigenvalue weighted by Crippen LogP contribution is -2.51. The van der Waals surface area contributed by atoms with E-state index in [1.54, 1.807) is 0 Å². The van der Waals surface area contributed by atoms with Crippen LogP contribution in [-0.4, -0.2) is 24.7 Å². The Morgan fingerprint density at radius 2 is 2.13 bits per heavy atom. The van der Waals surface area contributed by atoms with E-state index in [2.05, 4.69) is 12.2 Å². The fourth-order valence-corrected chi connectivity index (χ4v) is 2.22. The van der Waals surface area contributed by atoms with Gasteiger partial charge in [-0.3, -0.25) is 10.1 Å². The van der Waals surface area contributed by atoms with E-state index >= 15 is 0 Å². The second kappa shape index (κ2) is 4.97. The molecule has 15 heavy (non-hydrogen) atoms. The van der Waals surface area contributed by atoms with Gasteiger partial charge >= 0.3 is 5.97 Å². The molecular formula is C12H23NO2. The molecule has 1 fully saturated rings. The van der Waals surface area contributed by atoms with Crippen molar-refractivity contribution in [2.45, 2.75) is 58.0 Å². The SMILES string of the molecule is COC(=O)C(C)(C)NC(C)CC1CCC1. The zero-order valence-electron chi connectivity index (χ0n) is 10.3. The summed E-state index contributed by atoms with van der Waals surface area (Å²) in [7, 11) is 1.43. The predicted octanol–water partition coefficient (Wildman–Crippen LogP) is 2.11. The number of nitrogens with one attached hydrogen (secondary N) is 1. The number of hydrogen-bond acceptors (Lipinski definition) is 3. The highest BCUT2D eigenvalue weighted by Crippen LogP contribution is 2.30. The maximum absolute atomic E-state index is 11.5. The molecule has 0 aromatic carbocycles. The van der Waals surface area contributed by atoms with E-state index in [0.717, 1.165) is 5.92 Å². The minimum absolute atomic E-state index is 0.192. The van der Waals surface area contributed by atoms with Gasteiger partial charge < -0.3 is 4.74 Å². The molecule has 0 aliphatic heterocycles. The standard InChI is InChI=1S/C12H23NO2/c1-9(8-10-6-5-7-10)13-12(2,3)11(14)15-4/h9-10,13H,5-8H2,1-4H3. The van der Waals surface area contributed by atoms with Gasteiger partial charge in [0.15, 0.2) is 0 Å². The molecule has 0 aromatic rings. The third kappa shape index (κ3) is 3.49. The summed E-state index contributed by atoms with van der Waals surface area (Å²) in [6.07, 6.45) is 5.24. The summed E-state index contributed by atoms with van der Waals surface area (Å²) < 4.78 is 4.76. The summed E-state index contributed by atoms with van der Waals surface area (Å²) in [6.45, 7) is 5.88. The number of hydrogen-bond donors (Lipinski definition) is 1. The molecule has 3 nitrogen and oxygen atoms in total. The first-order chi connectivity index (χ1) is 6.95. The van der Waals surface area contributed by atoms with Crippen molar-refractivity contribution in [2.75, 3.05) is 7.11 Å². The first-order valence-corrected chi connectivity index (χ1v) is 5.82. The summed E-state index contributed by atoms with van der Waals surface area (Å²) in [5.74, 6) is 0.670. The number of carbonyl (C=O) groups excluding carboxylic acids is 1. The van der Waals surface area contributed by atoms with Crippen LogP contribution >= 0.6 is 0 Å². The van der Waals surface area contributed by atoms with Crippen molar-refractivity contribution in [1.82, 2.24) is 5.32 Å². The van der Waals surface area contributed by atoms with Crippen LogP contribution in [0.25, 0.3) is 0 Å². The van der Waals surface area contributed by atoms with Gasteiger partial charge in [0, 0.05) is 6.04 Å². The van der Waals surface area contributed by atoms with Crippen molar-refractivity contribution in [3.05, 3.63) is 0 Å². The topological polar surface area (TPSA) is 38.3 Å². The average molecular weight is 213 g/mol. The molecule has 1 rings (SSSR count). The predicted molar refractivity (Wildman–Crippen MR) is 60.7 cm³/mol. The second-order valence-corrected chi connectivity index (χ2v) is 5.19. The van der Waals surface area contributed by atoms with Crippen molar-refractivity contribution >= 4 is 5.97 Å². The van der Waals surface area contributed by atoms with Crippen molar-refractivity contribution < 1.29 is 9.53 Å². The van der Waals surface area contributed by atoms with Crippen LogP contribution in [0.15, 0.2) is 0 Å². The minimum Gasteiger partial charge on any atom is -0.468 e. The lowest BCUT2D eigenvalue weighted by Gasteiger charge is -2.32. The zero-order valence-corrected chi connectivity index (χ0v) is 10.3. The molecule has 1 unspecified atom stereocenters. The largest absolute Gasteiger partial charge is 0.468 e. The summed E-state index contributed by atoms with van der Waals surface area (Å²) in [5.41, 5.74) is -0.572. The van der Waals surface area contributed by atoms with E-state index in [4.69, 9.17) is 4.74 Å². The highest BCUT2D eigenvalue weighted by molar-refractivity contribution is 5.79. The average Bonchev–Trinajstić information content (AvgIpc) is 2.09. The van der Waals surface area contributed by atoms with Gasteiger partial charge in [-0.25, -0.2) is 0 Å². The van der Waals surface area contributed by atoms with Gasteiger partial charge in [0.05, 0.1) is 7.11 Å². The Morgan fingerprint density at radius 3 is 2.53 bits per heavy atom. The van der Waals surface area contributed by atoms with Crippen molar-refractivity contribution in [1.29, 1.82) is 0 Å². The lowest BCUT2D eigenvalue weighted by molar-refractivity contribution is -0.147. The highest BCUT2D eigenvalue weighted by Gasteiger charge is 2.31. The van der Waals surface area contributed by atoms with Crippen LogP contribution in [0, 0.1) is 5.92 Å². The summed E-state index contributed by atoms with van der Waals surface area (Å²) >= 11 is 0. The molecule has 0 bridgehead atoms. The molecule has 3 heteroatoms. The molecule has 0 aromatic heterocycles. The first kappa shape index (κ1) is 12.5. The Balaban J connectivity index is 2.34. The smallest absolute Gasteiger partial charge is 0.325 e. The van der Waals surface area contributed by atoms with Gasteiger partial charge in [-0.05, 0) is 33.1 Å². The van der Waals surface area contributed by atoms with Crippen molar-refractivity contribution in [3.63, 3.8) is 0 Å². The molecule has 0 amide bonds. The number of esters is 1. The van der Waals surface area contributed by atoms with Gasteiger partial charge in [-0.15, -0.1) is 0 Å². The summed E-state index contributed by atoms with van der Waals surface area (Å²) in [6, 6.07) is 0.379. The van der Waals surface area contributed by atoms with Gasteiger partial charge in [0.1, 0.15) is 5.54 Å². The third-order valence-electron chi connectivity index (χ3n) is 3.21. The zero-order chi connectivity index (χ0) is 11.5. The lowest BCUT2D eigenvalue weighted by atomic mass is 9.81. The molecule has 1 atom stereocenters. The number of carbonyl (C=O) groups is 1.